The second kappa shape index (κ2) is 6.20. The van der Waals surface area contributed by atoms with Gasteiger partial charge in [0.25, 0.3) is 0 Å². The average Bonchev–Trinajstić information content (AvgIpc) is 1.98. The third-order valence-corrected chi connectivity index (χ3v) is 1.33. The first kappa shape index (κ1) is 14.6. The molecule has 0 unspecified atom stereocenters. The SMILES string of the molecule is I.NC(N)=NC(N)=Nc1cc(F)cc(F)c1. The molecule has 16 heavy (non-hydrogen) atoms. The predicted molar refractivity (Wildman–Crippen MR) is 68.9 cm³/mol. The van der Waals surface area contributed by atoms with Crippen LogP contribution in [-0.4, -0.2) is 11.9 Å². The smallest absolute Gasteiger partial charge is 0.223 e. The van der Waals surface area contributed by atoms with Gasteiger partial charge < -0.3 is 17.2 Å². The lowest BCUT2D eigenvalue weighted by Gasteiger charge is -1.97. The predicted octanol–water partition coefficient (Wildman–Crippen LogP) is 0.802. The number of nitrogens with zero attached hydrogens (tertiary/aromatic N) is 2. The lowest BCUT2D eigenvalue weighted by Crippen LogP contribution is -2.26. The van der Waals surface area contributed by atoms with E-state index in [2.05, 4.69) is 9.98 Å². The van der Waals surface area contributed by atoms with Crippen molar-refractivity contribution in [1.82, 2.24) is 0 Å². The van der Waals surface area contributed by atoms with Gasteiger partial charge in [-0.15, -0.1) is 24.0 Å². The Morgan fingerprint density at radius 3 is 1.94 bits per heavy atom. The Kier molecular flexibility index (Phi) is 5.64. The second-order valence-corrected chi connectivity index (χ2v) is 2.63. The maximum absolute atomic E-state index is 12.7. The van der Waals surface area contributed by atoms with Crippen molar-refractivity contribution < 1.29 is 8.78 Å². The Morgan fingerprint density at radius 2 is 1.50 bits per heavy atom. The summed E-state index contributed by atoms with van der Waals surface area (Å²) in [7, 11) is 0. The Morgan fingerprint density at radius 1 is 1.00 bits per heavy atom. The van der Waals surface area contributed by atoms with Crippen LogP contribution in [0.15, 0.2) is 28.2 Å². The molecule has 0 bridgehead atoms. The van der Waals surface area contributed by atoms with E-state index in [4.69, 9.17) is 17.2 Å². The summed E-state index contributed by atoms with van der Waals surface area (Å²) in [5, 5.41) is 0. The molecule has 8 heteroatoms. The number of hydrogen-bond acceptors (Lipinski definition) is 1. The monoisotopic (exact) mass is 341 g/mol. The molecular formula is C8H10F2IN5. The van der Waals surface area contributed by atoms with Crippen LogP contribution >= 0.6 is 24.0 Å². The van der Waals surface area contributed by atoms with Crippen molar-refractivity contribution in [3.63, 3.8) is 0 Å². The molecule has 0 atom stereocenters. The quantitative estimate of drug-likeness (QED) is 0.400. The van der Waals surface area contributed by atoms with E-state index in [-0.39, 0.29) is 41.6 Å². The number of benzene rings is 1. The number of hydrogen-bond donors (Lipinski definition) is 3. The van der Waals surface area contributed by atoms with Crippen LogP contribution in [0.5, 0.6) is 0 Å². The first-order valence-electron chi connectivity index (χ1n) is 3.87. The zero-order valence-corrected chi connectivity index (χ0v) is 10.4. The topological polar surface area (TPSA) is 103 Å². The molecule has 5 nitrogen and oxygen atoms in total. The first-order chi connectivity index (χ1) is 6.97. The van der Waals surface area contributed by atoms with Gasteiger partial charge in [-0.2, -0.15) is 4.99 Å². The zero-order chi connectivity index (χ0) is 11.4. The second-order valence-electron chi connectivity index (χ2n) is 2.63. The number of aliphatic imine (C=N–C) groups is 2. The van der Waals surface area contributed by atoms with E-state index in [1.54, 1.807) is 0 Å². The Hall–Kier alpha value is -1.45. The lowest BCUT2D eigenvalue weighted by molar-refractivity contribution is 0.584. The van der Waals surface area contributed by atoms with E-state index in [0.29, 0.717) is 0 Å². The summed E-state index contributed by atoms with van der Waals surface area (Å²) in [5.74, 6) is -2.08. The minimum absolute atomic E-state index is 0. The van der Waals surface area contributed by atoms with Crippen LogP contribution in [0.2, 0.25) is 0 Å². The summed E-state index contributed by atoms with van der Waals surface area (Å²) >= 11 is 0. The number of halogens is 3. The van der Waals surface area contributed by atoms with Crippen molar-refractivity contribution in [3.8, 4) is 0 Å². The van der Waals surface area contributed by atoms with E-state index in [9.17, 15) is 8.78 Å². The minimum atomic E-state index is -0.758. The molecule has 0 aromatic heterocycles. The Bertz CT molecular complexity index is 408. The summed E-state index contributed by atoms with van der Waals surface area (Å²) < 4.78 is 25.4. The highest BCUT2D eigenvalue weighted by Gasteiger charge is 1.99. The van der Waals surface area contributed by atoms with Crippen LogP contribution in [0, 0.1) is 11.6 Å². The van der Waals surface area contributed by atoms with Gasteiger partial charge in [0.1, 0.15) is 11.6 Å². The van der Waals surface area contributed by atoms with Gasteiger partial charge in [0.05, 0.1) is 5.69 Å². The van der Waals surface area contributed by atoms with Crippen molar-refractivity contribution in [2.75, 3.05) is 0 Å². The Balaban J connectivity index is 0.00000225. The molecule has 0 saturated heterocycles. The van der Waals surface area contributed by atoms with Gasteiger partial charge in [-0.05, 0) is 12.1 Å². The molecule has 1 rings (SSSR count). The summed E-state index contributed by atoms with van der Waals surface area (Å²) in [6.45, 7) is 0. The van der Waals surface area contributed by atoms with Gasteiger partial charge in [0, 0.05) is 6.07 Å². The number of guanidine groups is 2. The van der Waals surface area contributed by atoms with Crippen LogP contribution in [-0.2, 0) is 0 Å². The molecule has 0 aliphatic carbocycles. The zero-order valence-electron chi connectivity index (χ0n) is 8.02. The fourth-order valence-electron chi connectivity index (χ4n) is 0.893. The van der Waals surface area contributed by atoms with E-state index < -0.39 is 11.6 Å². The van der Waals surface area contributed by atoms with E-state index in [1.165, 1.54) is 0 Å². The molecule has 0 fully saturated rings. The van der Waals surface area contributed by atoms with Crippen LogP contribution in [0.3, 0.4) is 0 Å². The fraction of sp³-hybridized carbons (Fsp3) is 0. The maximum Gasteiger partial charge on any atom is 0.223 e. The van der Waals surface area contributed by atoms with Gasteiger partial charge in [-0.25, -0.2) is 13.8 Å². The molecule has 6 N–H and O–H groups in total. The van der Waals surface area contributed by atoms with E-state index >= 15 is 0 Å². The third kappa shape index (κ3) is 4.87. The highest BCUT2D eigenvalue weighted by atomic mass is 127. The molecule has 0 aliphatic rings. The molecule has 0 aliphatic heterocycles. The highest BCUT2D eigenvalue weighted by Crippen LogP contribution is 2.15. The van der Waals surface area contributed by atoms with Crippen molar-refractivity contribution >= 4 is 41.6 Å². The molecule has 0 heterocycles. The maximum atomic E-state index is 12.7. The van der Waals surface area contributed by atoms with E-state index in [1.807, 2.05) is 0 Å². The van der Waals surface area contributed by atoms with Crippen molar-refractivity contribution in [3.05, 3.63) is 29.8 Å². The molecular weight excluding hydrogens is 331 g/mol. The molecule has 1 aromatic carbocycles. The van der Waals surface area contributed by atoms with Crippen molar-refractivity contribution in [2.24, 2.45) is 27.2 Å². The van der Waals surface area contributed by atoms with Crippen molar-refractivity contribution in [2.45, 2.75) is 0 Å². The third-order valence-electron chi connectivity index (χ3n) is 1.33. The molecule has 1 aromatic rings. The van der Waals surface area contributed by atoms with Crippen LogP contribution in [0.1, 0.15) is 0 Å². The highest BCUT2D eigenvalue weighted by molar-refractivity contribution is 14.0. The van der Waals surface area contributed by atoms with Crippen LogP contribution in [0.4, 0.5) is 14.5 Å². The fourth-order valence-corrected chi connectivity index (χ4v) is 0.893. The number of rotatable bonds is 1. The first-order valence-corrected chi connectivity index (χ1v) is 3.87. The van der Waals surface area contributed by atoms with E-state index in [0.717, 1.165) is 18.2 Å². The standard InChI is InChI=1S/C8H9F2N5.HI/c9-4-1-5(10)3-6(2-4)14-8(13)15-7(11)12;/h1-3H,(H6,11,12,13,14,15);1H. The lowest BCUT2D eigenvalue weighted by atomic mass is 10.3. The van der Waals surface area contributed by atoms with Gasteiger partial charge in [-0.1, -0.05) is 0 Å². The summed E-state index contributed by atoms with van der Waals surface area (Å²) in [6, 6.07) is 2.71. The molecule has 88 valence electrons. The normalized spacial score (nSPS) is 10.5. The number of nitrogens with two attached hydrogens (primary N) is 3. The van der Waals surface area contributed by atoms with Gasteiger partial charge in [0.2, 0.25) is 5.96 Å². The Labute approximate surface area is 107 Å². The van der Waals surface area contributed by atoms with Gasteiger partial charge in [-0.3, -0.25) is 0 Å². The van der Waals surface area contributed by atoms with Gasteiger partial charge in [0.15, 0.2) is 5.96 Å². The largest absolute Gasteiger partial charge is 0.370 e. The van der Waals surface area contributed by atoms with Gasteiger partial charge >= 0.3 is 0 Å². The summed E-state index contributed by atoms with van der Waals surface area (Å²) in [4.78, 5) is 6.97. The summed E-state index contributed by atoms with van der Waals surface area (Å²) in [5.41, 5.74) is 15.3. The molecule has 0 radical (unpaired) electrons. The van der Waals surface area contributed by atoms with Crippen LogP contribution in [0.25, 0.3) is 0 Å². The van der Waals surface area contributed by atoms with Crippen LogP contribution < -0.4 is 17.2 Å². The minimum Gasteiger partial charge on any atom is -0.370 e. The average molecular weight is 341 g/mol. The molecule has 0 amide bonds. The summed E-state index contributed by atoms with van der Waals surface area (Å²) in [6.07, 6.45) is 0. The van der Waals surface area contributed by atoms with Crippen molar-refractivity contribution in [1.29, 1.82) is 0 Å². The molecule has 0 spiro atoms. The molecule has 0 saturated carbocycles.